The Bertz CT molecular complexity index is 1200. The number of carbonyl (C=O) groups is 2. The molecule has 0 saturated carbocycles. The van der Waals surface area contributed by atoms with Gasteiger partial charge in [0.25, 0.3) is 20.2 Å². The molecule has 28 heavy (non-hydrogen) atoms. The van der Waals surface area contributed by atoms with Crippen molar-refractivity contribution >= 4 is 32.2 Å². The van der Waals surface area contributed by atoms with Crippen molar-refractivity contribution in [2.75, 3.05) is 0 Å². The number of hydrogen-bond donors (Lipinski definition) is 5. The lowest BCUT2D eigenvalue weighted by atomic mass is 10.1. The number of hydrogen-bond acceptors (Lipinski definition) is 8. The zero-order valence-electron chi connectivity index (χ0n) is 13.3. The zero-order chi connectivity index (χ0) is 21.4. The standard InChI is InChI=1S/C14H10O12S2/c15-12-9(14(18)19)4-7(28(23,24)25)5-11(12)26-10-2-1-6(27(20,21)22)3-8(10)13(16)17/h1-5,15H,(H,16,17)(H,18,19)(H,20,21,22)(H,23,24,25). The van der Waals surface area contributed by atoms with Gasteiger partial charge in [-0.1, -0.05) is 0 Å². The van der Waals surface area contributed by atoms with Crippen LogP contribution in [-0.4, -0.2) is 53.2 Å². The monoisotopic (exact) mass is 434 g/mol. The molecule has 2 rings (SSSR count). The summed E-state index contributed by atoms with van der Waals surface area (Å²) >= 11 is 0. The summed E-state index contributed by atoms with van der Waals surface area (Å²) in [5.41, 5.74) is -1.79. The maximum Gasteiger partial charge on any atom is 0.339 e. The van der Waals surface area contributed by atoms with Gasteiger partial charge in [-0.25, -0.2) is 9.59 Å². The predicted octanol–water partition coefficient (Wildman–Crippen LogP) is 1.07. The van der Waals surface area contributed by atoms with Crippen LogP contribution in [0.5, 0.6) is 17.2 Å². The summed E-state index contributed by atoms with van der Waals surface area (Å²) < 4.78 is 68.0. The Labute approximate surface area is 156 Å². The fourth-order valence-corrected chi connectivity index (χ4v) is 3.05. The van der Waals surface area contributed by atoms with Gasteiger partial charge in [-0.2, -0.15) is 16.8 Å². The third-order valence-electron chi connectivity index (χ3n) is 3.28. The average molecular weight is 434 g/mol. The minimum atomic E-state index is -4.93. The molecule has 14 heteroatoms. The first-order valence-corrected chi connectivity index (χ1v) is 9.70. The van der Waals surface area contributed by atoms with E-state index in [2.05, 4.69) is 0 Å². The summed E-state index contributed by atoms with van der Waals surface area (Å²) in [6, 6.07) is 3.01. The molecule has 0 unspecified atom stereocenters. The number of rotatable bonds is 6. The smallest absolute Gasteiger partial charge is 0.339 e. The molecule has 2 aromatic rings. The van der Waals surface area contributed by atoms with E-state index in [0.717, 1.165) is 12.1 Å². The summed E-state index contributed by atoms with van der Waals surface area (Å²) in [6.45, 7) is 0. The normalized spacial score (nSPS) is 11.8. The van der Waals surface area contributed by atoms with Crippen LogP contribution in [-0.2, 0) is 20.2 Å². The molecule has 0 fully saturated rings. The lowest BCUT2D eigenvalue weighted by Crippen LogP contribution is -2.07. The van der Waals surface area contributed by atoms with Crippen LogP contribution in [0.2, 0.25) is 0 Å². The molecular weight excluding hydrogens is 424 g/mol. The van der Waals surface area contributed by atoms with E-state index in [1.54, 1.807) is 0 Å². The van der Waals surface area contributed by atoms with Crippen molar-refractivity contribution in [2.45, 2.75) is 9.79 Å². The highest BCUT2D eigenvalue weighted by Gasteiger charge is 2.24. The van der Waals surface area contributed by atoms with Crippen LogP contribution in [0.25, 0.3) is 0 Å². The highest BCUT2D eigenvalue weighted by molar-refractivity contribution is 7.86. The van der Waals surface area contributed by atoms with Gasteiger partial charge in [0.15, 0.2) is 11.5 Å². The first kappa shape index (κ1) is 21.1. The van der Waals surface area contributed by atoms with Gasteiger partial charge in [0.1, 0.15) is 16.9 Å². The van der Waals surface area contributed by atoms with Crippen LogP contribution in [0.15, 0.2) is 40.1 Å². The molecule has 5 N–H and O–H groups in total. The van der Waals surface area contributed by atoms with Crippen molar-refractivity contribution < 1.29 is 55.6 Å². The minimum Gasteiger partial charge on any atom is -0.504 e. The Morgan fingerprint density at radius 1 is 0.750 bits per heavy atom. The molecular formula is C14H10O12S2. The molecule has 150 valence electrons. The Balaban J connectivity index is 2.70. The second kappa shape index (κ2) is 7.08. The van der Waals surface area contributed by atoms with E-state index in [9.17, 15) is 36.6 Å². The second-order valence-corrected chi connectivity index (χ2v) is 7.98. The van der Waals surface area contributed by atoms with E-state index in [1.807, 2.05) is 0 Å². The average Bonchev–Trinajstić information content (AvgIpc) is 2.54. The van der Waals surface area contributed by atoms with Gasteiger partial charge < -0.3 is 20.1 Å². The Hall–Kier alpha value is -3.20. The summed E-state index contributed by atoms with van der Waals surface area (Å²) in [5, 5.41) is 28.2. The molecule has 12 nitrogen and oxygen atoms in total. The third-order valence-corrected chi connectivity index (χ3v) is 4.96. The van der Waals surface area contributed by atoms with E-state index in [4.69, 9.17) is 18.9 Å². The topological polar surface area (TPSA) is 213 Å². The first-order valence-electron chi connectivity index (χ1n) is 6.82. The molecule has 0 aliphatic rings. The van der Waals surface area contributed by atoms with Gasteiger partial charge >= 0.3 is 11.9 Å². The minimum absolute atomic E-state index is 0.444. The van der Waals surface area contributed by atoms with Crippen molar-refractivity contribution in [2.24, 2.45) is 0 Å². The van der Waals surface area contributed by atoms with E-state index < -0.39 is 70.3 Å². The molecule has 2 aromatic carbocycles. The van der Waals surface area contributed by atoms with Crippen molar-refractivity contribution in [3.05, 3.63) is 41.5 Å². The summed E-state index contributed by atoms with van der Waals surface area (Å²) in [6.07, 6.45) is 0. The highest BCUT2D eigenvalue weighted by Crippen LogP contribution is 2.38. The van der Waals surface area contributed by atoms with Crippen molar-refractivity contribution in [3.63, 3.8) is 0 Å². The lowest BCUT2D eigenvalue weighted by molar-refractivity contribution is 0.0680. The molecule has 0 atom stereocenters. The molecule has 0 amide bonds. The molecule has 0 aromatic heterocycles. The Morgan fingerprint density at radius 2 is 1.25 bits per heavy atom. The Kier molecular flexibility index (Phi) is 5.34. The molecule has 0 saturated heterocycles. The molecule has 0 radical (unpaired) electrons. The van der Waals surface area contributed by atoms with Crippen LogP contribution in [0.1, 0.15) is 20.7 Å². The van der Waals surface area contributed by atoms with E-state index in [-0.39, 0.29) is 0 Å². The number of carboxylic acid groups (broad SMARTS) is 2. The summed E-state index contributed by atoms with van der Waals surface area (Å²) in [4.78, 5) is 20.7. The SMILES string of the molecule is O=C(O)c1cc(S(=O)(=O)O)ccc1Oc1cc(S(=O)(=O)O)cc(C(=O)O)c1O. The van der Waals surface area contributed by atoms with Gasteiger partial charge in [-0.3, -0.25) is 9.11 Å². The number of benzene rings is 2. The van der Waals surface area contributed by atoms with Crippen LogP contribution < -0.4 is 4.74 Å². The molecule has 0 aliphatic carbocycles. The van der Waals surface area contributed by atoms with Gasteiger partial charge in [0.05, 0.1) is 9.79 Å². The van der Waals surface area contributed by atoms with Crippen LogP contribution in [0, 0.1) is 0 Å². The molecule has 0 spiro atoms. The number of ether oxygens (including phenoxy) is 1. The summed E-state index contributed by atoms with van der Waals surface area (Å²) in [7, 11) is -9.69. The van der Waals surface area contributed by atoms with E-state index >= 15 is 0 Å². The fourth-order valence-electron chi connectivity index (χ4n) is 2.02. The van der Waals surface area contributed by atoms with Gasteiger partial charge in [-0.05, 0) is 24.3 Å². The first-order chi connectivity index (χ1) is 12.7. The number of carboxylic acids is 2. The fraction of sp³-hybridized carbons (Fsp3) is 0. The molecule has 0 bridgehead atoms. The number of aromatic hydroxyl groups is 1. The molecule has 0 aliphatic heterocycles. The predicted molar refractivity (Wildman–Crippen MR) is 88.2 cm³/mol. The van der Waals surface area contributed by atoms with Gasteiger partial charge in [0, 0.05) is 6.07 Å². The van der Waals surface area contributed by atoms with Crippen molar-refractivity contribution in [1.82, 2.24) is 0 Å². The highest BCUT2D eigenvalue weighted by atomic mass is 32.2. The van der Waals surface area contributed by atoms with Crippen LogP contribution in [0.4, 0.5) is 0 Å². The second-order valence-electron chi connectivity index (χ2n) is 5.14. The Morgan fingerprint density at radius 3 is 1.71 bits per heavy atom. The maximum atomic E-state index is 11.3. The largest absolute Gasteiger partial charge is 0.504 e. The van der Waals surface area contributed by atoms with Crippen molar-refractivity contribution in [3.8, 4) is 17.2 Å². The van der Waals surface area contributed by atoms with Crippen LogP contribution >= 0.6 is 0 Å². The number of phenols is 1. The van der Waals surface area contributed by atoms with Gasteiger partial charge in [-0.15, -0.1) is 0 Å². The van der Waals surface area contributed by atoms with E-state index in [1.165, 1.54) is 0 Å². The third kappa shape index (κ3) is 4.37. The summed E-state index contributed by atoms with van der Waals surface area (Å²) in [5.74, 6) is -6.07. The van der Waals surface area contributed by atoms with E-state index in [0.29, 0.717) is 18.2 Å². The van der Waals surface area contributed by atoms with Crippen molar-refractivity contribution in [1.29, 1.82) is 0 Å². The quantitative estimate of drug-likeness (QED) is 0.404. The lowest BCUT2D eigenvalue weighted by Gasteiger charge is -2.13. The number of aromatic carboxylic acids is 2. The maximum absolute atomic E-state index is 11.3. The van der Waals surface area contributed by atoms with Crippen LogP contribution in [0.3, 0.4) is 0 Å². The van der Waals surface area contributed by atoms with Gasteiger partial charge in [0.2, 0.25) is 0 Å². The molecule has 0 heterocycles. The zero-order valence-corrected chi connectivity index (χ0v) is 14.9.